The minimum Gasteiger partial charge on any atom is -0.497 e. The van der Waals surface area contributed by atoms with E-state index in [0.29, 0.717) is 5.56 Å². The van der Waals surface area contributed by atoms with Crippen LogP contribution in [0.1, 0.15) is 49.9 Å². The van der Waals surface area contributed by atoms with Crippen LogP contribution in [-0.2, 0) is 4.74 Å². The van der Waals surface area contributed by atoms with Gasteiger partial charge in [-0.1, -0.05) is 39.5 Å². The molecule has 0 aliphatic carbocycles. The molecule has 0 bridgehead atoms. The van der Waals surface area contributed by atoms with Gasteiger partial charge in [0.15, 0.2) is 0 Å². The zero-order valence-electron chi connectivity index (χ0n) is 11.9. The number of ether oxygens (including phenoxy) is 2. The molecular formula is C15H24O3. The van der Waals surface area contributed by atoms with Gasteiger partial charge >= 0.3 is 5.97 Å². The fourth-order valence-electron chi connectivity index (χ4n) is 1.34. The fraction of sp³-hybridized carbons (Fsp3) is 0.533. The van der Waals surface area contributed by atoms with Crippen molar-refractivity contribution in [3.63, 3.8) is 0 Å². The van der Waals surface area contributed by atoms with Gasteiger partial charge in [0.05, 0.1) is 19.8 Å². The van der Waals surface area contributed by atoms with E-state index in [4.69, 9.17) is 4.74 Å². The van der Waals surface area contributed by atoms with Crippen molar-refractivity contribution < 1.29 is 14.3 Å². The van der Waals surface area contributed by atoms with E-state index in [-0.39, 0.29) is 5.97 Å². The minimum atomic E-state index is -0.336. The molecule has 0 saturated carbocycles. The number of unbranched alkanes of at least 4 members (excludes halogenated alkanes) is 3. The van der Waals surface area contributed by atoms with E-state index < -0.39 is 0 Å². The number of rotatable bonds is 5. The van der Waals surface area contributed by atoms with Crippen molar-refractivity contribution in [3.05, 3.63) is 29.8 Å². The molecule has 0 fully saturated rings. The summed E-state index contributed by atoms with van der Waals surface area (Å²) in [6, 6.07) is 6.74. The molecule has 1 aromatic rings. The molecule has 0 amide bonds. The molecule has 0 heterocycles. The van der Waals surface area contributed by atoms with Gasteiger partial charge in [-0.3, -0.25) is 0 Å². The number of methoxy groups -OCH3 is 2. The third kappa shape index (κ3) is 6.94. The Morgan fingerprint density at radius 1 is 1.00 bits per heavy atom. The maximum atomic E-state index is 11.0. The molecule has 1 rings (SSSR count). The van der Waals surface area contributed by atoms with Crippen LogP contribution in [0.25, 0.3) is 0 Å². The van der Waals surface area contributed by atoms with E-state index >= 15 is 0 Å². The molecule has 0 N–H and O–H groups in total. The van der Waals surface area contributed by atoms with E-state index in [2.05, 4.69) is 18.6 Å². The maximum Gasteiger partial charge on any atom is 0.337 e. The topological polar surface area (TPSA) is 35.5 Å². The quantitative estimate of drug-likeness (QED) is 0.585. The van der Waals surface area contributed by atoms with Crippen LogP contribution in [0, 0.1) is 0 Å². The van der Waals surface area contributed by atoms with Crippen LogP contribution in [0.3, 0.4) is 0 Å². The highest BCUT2D eigenvalue weighted by Gasteiger charge is 2.03. The second-order valence-corrected chi connectivity index (χ2v) is 3.93. The van der Waals surface area contributed by atoms with Crippen molar-refractivity contribution in [1.29, 1.82) is 0 Å². The molecule has 3 nitrogen and oxygen atoms in total. The average Bonchev–Trinajstić information content (AvgIpc) is 2.45. The van der Waals surface area contributed by atoms with Crippen molar-refractivity contribution in [2.24, 2.45) is 0 Å². The molecule has 18 heavy (non-hydrogen) atoms. The summed E-state index contributed by atoms with van der Waals surface area (Å²) in [5, 5.41) is 0. The number of hydrogen-bond acceptors (Lipinski definition) is 3. The molecule has 0 spiro atoms. The van der Waals surface area contributed by atoms with Crippen LogP contribution in [0.4, 0.5) is 0 Å². The van der Waals surface area contributed by atoms with Gasteiger partial charge < -0.3 is 9.47 Å². The van der Waals surface area contributed by atoms with Crippen molar-refractivity contribution >= 4 is 5.97 Å². The molecule has 0 aromatic heterocycles. The Kier molecular flexibility index (Phi) is 9.74. The number of benzene rings is 1. The van der Waals surface area contributed by atoms with Crippen molar-refractivity contribution in [1.82, 2.24) is 0 Å². The summed E-state index contributed by atoms with van der Waals surface area (Å²) >= 11 is 0. The molecular weight excluding hydrogens is 228 g/mol. The molecule has 3 heteroatoms. The Morgan fingerprint density at radius 3 is 1.83 bits per heavy atom. The predicted molar refractivity (Wildman–Crippen MR) is 74.1 cm³/mol. The Hall–Kier alpha value is -1.51. The van der Waals surface area contributed by atoms with E-state index in [1.54, 1.807) is 31.4 Å². The van der Waals surface area contributed by atoms with E-state index in [1.165, 1.54) is 32.8 Å². The lowest BCUT2D eigenvalue weighted by molar-refractivity contribution is 0.0600. The van der Waals surface area contributed by atoms with Crippen LogP contribution in [0.15, 0.2) is 24.3 Å². The van der Waals surface area contributed by atoms with Crippen LogP contribution in [0.2, 0.25) is 0 Å². The number of carbonyl (C=O) groups excluding carboxylic acids is 1. The van der Waals surface area contributed by atoms with E-state index in [1.807, 2.05) is 0 Å². The predicted octanol–water partition coefficient (Wildman–Crippen LogP) is 4.07. The first-order chi connectivity index (χ1) is 8.69. The van der Waals surface area contributed by atoms with Crippen LogP contribution >= 0.6 is 0 Å². The highest BCUT2D eigenvalue weighted by atomic mass is 16.5. The second-order valence-electron chi connectivity index (χ2n) is 3.93. The summed E-state index contributed by atoms with van der Waals surface area (Å²) in [5.41, 5.74) is 0.526. The lowest BCUT2D eigenvalue weighted by Crippen LogP contribution is -2.00. The molecule has 0 saturated heterocycles. The highest BCUT2D eigenvalue weighted by molar-refractivity contribution is 5.89. The van der Waals surface area contributed by atoms with Gasteiger partial charge in [0.25, 0.3) is 0 Å². The Bertz CT molecular complexity index is 313. The molecule has 102 valence electrons. The SMILES string of the molecule is CCCCCC.COC(=O)c1ccc(OC)cc1. The van der Waals surface area contributed by atoms with Crippen molar-refractivity contribution in [3.8, 4) is 5.75 Å². The van der Waals surface area contributed by atoms with E-state index in [0.717, 1.165) is 5.75 Å². The lowest BCUT2D eigenvalue weighted by Gasteiger charge is -2.00. The summed E-state index contributed by atoms with van der Waals surface area (Å²) in [7, 11) is 2.93. The second kappa shape index (κ2) is 10.6. The average molecular weight is 252 g/mol. The summed E-state index contributed by atoms with van der Waals surface area (Å²) in [6.45, 7) is 4.46. The van der Waals surface area contributed by atoms with Crippen molar-refractivity contribution in [2.75, 3.05) is 14.2 Å². The normalized spacial score (nSPS) is 9.11. The largest absolute Gasteiger partial charge is 0.497 e. The number of carbonyl (C=O) groups is 1. The van der Waals surface area contributed by atoms with Gasteiger partial charge in [0.1, 0.15) is 5.75 Å². The zero-order chi connectivity index (χ0) is 13.8. The monoisotopic (exact) mass is 252 g/mol. The molecule has 0 atom stereocenters. The standard InChI is InChI=1S/C9H10O3.C6H14/c1-11-8-5-3-7(4-6-8)9(10)12-2;1-3-5-6-4-2/h3-6H,1-2H3;3-6H2,1-2H3. The van der Waals surface area contributed by atoms with Gasteiger partial charge in [-0.05, 0) is 24.3 Å². The zero-order valence-corrected chi connectivity index (χ0v) is 11.9. The van der Waals surface area contributed by atoms with Crippen LogP contribution in [0.5, 0.6) is 5.75 Å². The van der Waals surface area contributed by atoms with Crippen LogP contribution < -0.4 is 4.74 Å². The third-order valence-electron chi connectivity index (χ3n) is 2.47. The molecule has 0 unspecified atom stereocenters. The van der Waals surface area contributed by atoms with Gasteiger partial charge in [0.2, 0.25) is 0 Å². The first-order valence-corrected chi connectivity index (χ1v) is 6.41. The molecule has 0 aliphatic heterocycles. The summed E-state index contributed by atoms with van der Waals surface area (Å²) in [5.74, 6) is 0.389. The Balaban J connectivity index is 0.000000411. The first kappa shape index (κ1) is 16.5. The van der Waals surface area contributed by atoms with Gasteiger partial charge in [-0.2, -0.15) is 0 Å². The Labute approximate surface area is 110 Å². The Morgan fingerprint density at radius 2 is 1.50 bits per heavy atom. The maximum absolute atomic E-state index is 11.0. The summed E-state index contributed by atoms with van der Waals surface area (Å²) in [6.07, 6.45) is 5.54. The summed E-state index contributed by atoms with van der Waals surface area (Å²) in [4.78, 5) is 11.0. The molecule has 1 aromatic carbocycles. The van der Waals surface area contributed by atoms with Crippen molar-refractivity contribution in [2.45, 2.75) is 39.5 Å². The van der Waals surface area contributed by atoms with Gasteiger partial charge in [-0.15, -0.1) is 0 Å². The van der Waals surface area contributed by atoms with Gasteiger partial charge in [-0.25, -0.2) is 4.79 Å². The molecule has 0 radical (unpaired) electrons. The first-order valence-electron chi connectivity index (χ1n) is 6.41. The van der Waals surface area contributed by atoms with Gasteiger partial charge in [0, 0.05) is 0 Å². The number of esters is 1. The smallest absolute Gasteiger partial charge is 0.337 e. The number of hydrogen-bond donors (Lipinski definition) is 0. The molecule has 0 aliphatic rings. The minimum absolute atomic E-state index is 0.336. The third-order valence-corrected chi connectivity index (χ3v) is 2.47. The highest BCUT2D eigenvalue weighted by Crippen LogP contribution is 2.11. The van der Waals surface area contributed by atoms with E-state index in [9.17, 15) is 4.79 Å². The fourth-order valence-corrected chi connectivity index (χ4v) is 1.34. The van der Waals surface area contributed by atoms with Crippen LogP contribution in [-0.4, -0.2) is 20.2 Å². The lowest BCUT2D eigenvalue weighted by atomic mass is 10.2. The summed E-state index contributed by atoms with van der Waals surface area (Å²) < 4.78 is 9.46.